The maximum atomic E-state index is 12.4. The lowest BCUT2D eigenvalue weighted by atomic mass is 9.70. The van der Waals surface area contributed by atoms with Gasteiger partial charge in [0.05, 0.1) is 0 Å². The maximum absolute atomic E-state index is 12.4. The minimum absolute atomic E-state index is 0.0136. The Morgan fingerprint density at radius 3 is 2.35 bits per heavy atom. The first kappa shape index (κ1) is 14.5. The summed E-state index contributed by atoms with van der Waals surface area (Å²) in [6.07, 6.45) is 0.649. The third-order valence-corrected chi connectivity index (χ3v) is 4.16. The third kappa shape index (κ3) is 2.53. The molecular formula is C17H20O3. The molecule has 1 aromatic rings. The van der Waals surface area contributed by atoms with Crippen LogP contribution >= 0.6 is 0 Å². The molecule has 2 rings (SSSR count). The van der Waals surface area contributed by atoms with Gasteiger partial charge in [0.1, 0.15) is 5.57 Å². The lowest BCUT2D eigenvalue weighted by Gasteiger charge is -2.32. The van der Waals surface area contributed by atoms with E-state index in [1.807, 2.05) is 51.1 Å². The van der Waals surface area contributed by atoms with E-state index in [9.17, 15) is 14.7 Å². The minimum atomic E-state index is -1.09. The van der Waals surface area contributed by atoms with Crippen molar-refractivity contribution in [3.05, 3.63) is 47.0 Å². The summed E-state index contributed by atoms with van der Waals surface area (Å²) in [5, 5.41) is 9.32. The Morgan fingerprint density at radius 1 is 1.25 bits per heavy atom. The number of rotatable bonds is 3. The molecule has 1 aromatic carbocycles. The Morgan fingerprint density at radius 2 is 1.85 bits per heavy atom. The molecule has 0 saturated heterocycles. The lowest BCUT2D eigenvalue weighted by molar-refractivity contribution is -0.135. The highest BCUT2D eigenvalue weighted by Gasteiger charge is 2.38. The van der Waals surface area contributed by atoms with Gasteiger partial charge < -0.3 is 5.11 Å². The van der Waals surface area contributed by atoms with Gasteiger partial charge in [0, 0.05) is 5.92 Å². The minimum Gasteiger partial charge on any atom is -0.478 e. The van der Waals surface area contributed by atoms with Gasteiger partial charge in [0.25, 0.3) is 0 Å². The molecule has 0 aliphatic heterocycles. The van der Waals surface area contributed by atoms with Crippen molar-refractivity contribution in [3.63, 3.8) is 0 Å². The number of allylic oxidation sites excluding steroid dienone is 1. The number of Topliss-reactive ketones (excluding diaryl/α,β-unsaturated/α-hetero) is 1. The van der Waals surface area contributed by atoms with Gasteiger partial charge in [-0.15, -0.1) is 0 Å². The van der Waals surface area contributed by atoms with Crippen molar-refractivity contribution in [1.29, 1.82) is 0 Å². The smallest absolute Gasteiger partial charge is 0.339 e. The zero-order chi connectivity index (χ0) is 14.9. The number of carbonyl (C=O) groups excluding carboxylic acids is 1. The fourth-order valence-corrected chi connectivity index (χ4v) is 2.96. The van der Waals surface area contributed by atoms with E-state index in [4.69, 9.17) is 0 Å². The van der Waals surface area contributed by atoms with E-state index < -0.39 is 5.97 Å². The largest absolute Gasteiger partial charge is 0.478 e. The quantitative estimate of drug-likeness (QED) is 0.858. The van der Waals surface area contributed by atoms with Crippen molar-refractivity contribution < 1.29 is 14.7 Å². The van der Waals surface area contributed by atoms with Crippen LogP contribution in [0.5, 0.6) is 0 Å². The average molecular weight is 272 g/mol. The molecule has 0 bridgehead atoms. The number of benzene rings is 1. The lowest BCUT2D eigenvalue weighted by Crippen LogP contribution is -2.32. The molecule has 0 aromatic heterocycles. The predicted molar refractivity (Wildman–Crippen MR) is 77.5 cm³/mol. The van der Waals surface area contributed by atoms with E-state index in [0.29, 0.717) is 6.42 Å². The summed E-state index contributed by atoms with van der Waals surface area (Å²) in [5.41, 5.74) is 1.89. The molecule has 3 nitrogen and oxygen atoms in total. The first-order valence-corrected chi connectivity index (χ1v) is 6.99. The molecule has 0 amide bonds. The van der Waals surface area contributed by atoms with Gasteiger partial charge in [0.2, 0.25) is 0 Å². The summed E-state index contributed by atoms with van der Waals surface area (Å²) in [5.74, 6) is -1.46. The van der Waals surface area contributed by atoms with E-state index in [1.54, 1.807) is 0 Å². The van der Waals surface area contributed by atoms with Crippen molar-refractivity contribution >= 4 is 11.8 Å². The summed E-state index contributed by atoms with van der Waals surface area (Å²) < 4.78 is 0. The van der Waals surface area contributed by atoms with Crippen molar-refractivity contribution in [2.24, 2.45) is 11.8 Å². The highest BCUT2D eigenvalue weighted by molar-refractivity contribution is 6.18. The second kappa shape index (κ2) is 5.61. The van der Waals surface area contributed by atoms with Gasteiger partial charge in [-0.1, -0.05) is 51.1 Å². The first-order valence-electron chi connectivity index (χ1n) is 6.99. The van der Waals surface area contributed by atoms with Gasteiger partial charge in [-0.3, -0.25) is 4.79 Å². The topological polar surface area (TPSA) is 54.4 Å². The standard InChI is InChI=1S/C17H20O3/c1-10(2)13-9-14(12-7-5-4-6-8-12)11(3)16(18)15(13)17(19)20/h4-8,10-11,14H,9H2,1-3H3,(H,19,20). The van der Waals surface area contributed by atoms with Gasteiger partial charge in [0.15, 0.2) is 5.78 Å². The molecule has 2 unspecified atom stereocenters. The Bertz CT molecular complexity index is 555. The zero-order valence-corrected chi connectivity index (χ0v) is 12.1. The molecule has 0 spiro atoms. The molecule has 106 valence electrons. The van der Waals surface area contributed by atoms with Crippen molar-refractivity contribution in [2.75, 3.05) is 0 Å². The van der Waals surface area contributed by atoms with Crippen molar-refractivity contribution in [1.82, 2.24) is 0 Å². The van der Waals surface area contributed by atoms with Crippen LogP contribution in [0.3, 0.4) is 0 Å². The van der Waals surface area contributed by atoms with Crippen LogP contribution in [0.25, 0.3) is 0 Å². The van der Waals surface area contributed by atoms with Crippen LogP contribution in [-0.2, 0) is 9.59 Å². The Balaban J connectivity index is 2.48. The highest BCUT2D eigenvalue weighted by Crippen LogP contribution is 2.41. The molecule has 1 N–H and O–H groups in total. The van der Waals surface area contributed by atoms with Crippen LogP contribution in [0.2, 0.25) is 0 Å². The SMILES string of the molecule is CC(C)C1=C(C(=O)O)C(=O)C(C)C(c2ccccc2)C1. The van der Waals surface area contributed by atoms with Crippen LogP contribution in [0, 0.1) is 11.8 Å². The Hall–Kier alpha value is -1.90. The fraction of sp³-hybridized carbons (Fsp3) is 0.412. The number of hydrogen-bond donors (Lipinski definition) is 1. The molecule has 2 atom stereocenters. The molecule has 1 aliphatic carbocycles. The number of carbonyl (C=O) groups is 2. The van der Waals surface area contributed by atoms with E-state index in [1.165, 1.54) is 0 Å². The van der Waals surface area contributed by atoms with Crippen LogP contribution in [0.15, 0.2) is 41.5 Å². The van der Waals surface area contributed by atoms with Crippen LogP contribution in [-0.4, -0.2) is 16.9 Å². The van der Waals surface area contributed by atoms with Crippen LogP contribution in [0.1, 0.15) is 38.7 Å². The molecule has 20 heavy (non-hydrogen) atoms. The van der Waals surface area contributed by atoms with Gasteiger partial charge in [-0.2, -0.15) is 0 Å². The number of hydrogen-bond acceptors (Lipinski definition) is 2. The van der Waals surface area contributed by atoms with E-state index in [-0.39, 0.29) is 29.1 Å². The maximum Gasteiger partial charge on any atom is 0.339 e. The van der Waals surface area contributed by atoms with E-state index in [2.05, 4.69) is 0 Å². The second-order valence-electron chi connectivity index (χ2n) is 5.73. The van der Waals surface area contributed by atoms with E-state index >= 15 is 0 Å². The summed E-state index contributed by atoms with van der Waals surface area (Å²) in [7, 11) is 0. The normalized spacial score (nSPS) is 23.3. The van der Waals surface area contributed by atoms with Crippen molar-refractivity contribution in [2.45, 2.75) is 33.1 Å². The van der Waals surface area contributed by atoms with Gasteiger partial charge in [-0.05, 0) is 29.4 Å². The number of ketones is 1. The molecule has 0 saturated carbocycles. The van der Waals surface area contributed by atoms with Crippen LogP contribution < -0.4 is 0 Å². The highest BCUT2D eigenvalue weighted by atomic mass is 16.4. The number of aliphatic carboxylic acids is 1. The third-order valence-electron chi connectivity index (χ3n) is 4.16. The Kier molecular flexibility index (Phi) is 4.07. The molecular weight excluding hydrogens is 252 g/mol. The monoisotopic (exact) mass is 272 g/mol. The number of carboxylic acids is 1. The summed E-state index contributed by atoms with van der Waals surface area (Å²) in [6.45, 7) is 5.73. The van der Waals surface area contributed by atoms with Crippen molar-refractivity contribution in [3.8, 4) is 0 Å². The van der Waals surface area contributed by atoms with Gasteiger partial charge in [-0.25, -0.2) is 4.79 Å². The fourth-order valence-electron chi connectivity index (χ4n) is 2.96. The van der Waals surface area contributed by atoms with Gasteiger partial charge >= 0.3 is 5.97 Å². The summed E-state index contributed by atoms with van der Waals surface area (Å²) in [6, 6.07) is 9.88. The summed E-state index contributed by atoms with van der Waals surface area (Å²) >= 11 is 0. The molecule has 0 fully saturated rings. The zero-order valence-electron chi connectivity index (χ0n) is 12.1. The second-order valence-corrected chi connectivity index (χ2v) is 5.73. The average Bonchev–Trinajstić information content (AvgIpc) is 2.41. The molecule has 0 radical (unpaired) electrons. The molecule has 1 aliphatic rings. The molecule has 3 heteroatoms. The number of carboxylic acid groups (broad SMARTS) is 1. The summed E-state index contributed by atoms with van der Waals surface area (Å²) in [4.78, 5) is 23.8. The van der Waals surface area contributed by atoms with E-state index in [0.717, 1.165) is 11.1 Å². The molecule has 0 heterocycles. The predicted octanol–water partition coefficient (Wildman–Crippen LogP) is 3.42. The first-order chi connectivity index (χ1) is 9.43. The Labute approximate surface area is 119 Å². The van der Waals surface area contributed by atoms with Crippen LogP contribution in [0.4, 0.5) is 0 Å².